The summed E-state index contributed by atoms with van der Waals surface area (Å²) in [5, 5.41) is 5.90. The van der Waals surface area contributed by atoms with Gasteiger partial charge in [-0.3, -0.25) is 14.4 Å². The first-order valence-electron chi connectivity index (χ1n) is 11.4. The summed E-state index contributed by atoms with van der Waals surface area (Å²) in [7, 11) is 0. The summed E-state index contributed by atoms with van der Waals surface area (Å²) in [6.07, 6.45) is 6.81. The minimum atomic E-state index is -0.313. The first kappa shape index (κ1) is 23.9. The van der Waals surface area contributed by atoms with Crippen LogP contribution in [-0.2, 0) is 9.59 Å². The lowest BCUT2D eigenvalue weighted by atomic mass is 9.99. The maximum atomic E-state index is 12.5. The van der Waals surface area contributed by atoms with Crippen molar-refractivity contribution in [1.29, 1.82) is 0 Å². The van der Waals surface area contributed by atoms with Crippen LogP contribution in [0.25, 0.3) is 0 Å². The summed E-state index contributed by atoms with van der Waals surface area (Å²) in [4.78, 5) is 38.8. The van der Waals surface area contributed by atoms with Crippen LogP contribution in [0.1, 0.15) is 76.1 Å². The monoisotopic (exact) mass is 415 g/mol. The van der Waals surface area contributed by atoms with E-state index in [9.17, 15) is 14.4 Å². The number of likely N-dealkylation sites (tertiary alicyclic amines) is 1. The van der Waals surface area contributed by atoms with Gasteiger partial charge >= 0.3 is 0 Å². The van der Waals surface area contributed by atoms with Gasteiger partial charge in [-0.25, -0.2) is 0 Å². The van der Waals surface area contributed by atoms with Crippen molar-refractivity contribution >= 4 is 23.4 Å². The molecule has 0 spiro atoms. The number of carbonyl (C=O) groups is 3. The third-order valence-corrected chi connectivity index (χ3v) is 5.88. The third kappa shape index (κ3) is 7.15. The average Bonchev–Trinajstić information content (AvgIpc) is 3.13. The summed E-state index contributed by atoms with van der Waals surface area (Å²) in [5.41, 5.74) is 1.23. The number of anilines is 1. The number of rotatable bonds is 12. The average molecular weight is 416 g/mol. The van der Waals surface area contributed by atoms with E-state index in [1.807, 2.05) is 0 Å². The van der Waals surface area contributed by atoms with Crippen molar-refractivity contribution < 1.29 is 14.4 Å². The smallest absolute Gasteiger partial charge is 0.251 e. The molecule has 2 rings (SSSR count). The Morgan fingerprint density at radius 1 is 1.10 bits per heavy atom. The summed E-state index contributed by atoms with van der Waals surface area (Å²) >= 11 is 0. The van der Waals surface area contributed by atoms with Gasteiger partial charge in [0.2, 0.25) is 11.8 Å². The van der Waals surface area contributed by atoms with Crippen molar-refractivity contribution in [3.05, 3.63) is 29.8 Å². The van der Waals surface area contributed by atoms with Crippen LogP contribution >= 0.6 is 0 Å². The van der Waals surface area contributed by atoms with Gasteiger partial charge < -0.3 is 15.5 Å². The van der Waals surface area contributed by atoms with E-state index in [1.165, 1.54) is 12.8 Å². The maximum absolute atomic E-state index is 12.5. The molecule has 30 heavy (non-hydrogen) atoms. The van der Waals surface area contributed by atoms with Gasteiger partial charge in [0.15, 0.2) is 0 Å². The second-order valence-electron chi connectivity index (χ2n) is 8.29. The highest BCUT2D eigenvalue weighted by Crippen LogP contribution is 2.21. The predicted molar refractivity (Wildman–Crippen MR) is 120 cm³/mol. The van der Waals surface area contributed by atoms with Gasteiger partial charge in [0.1, 0.15) is 0 Å². The Hall–Kier alpha value is -2.37. The Kier molecular flexibility index (Phi) is 9.84. The van der Waals surface area contributed by atoms with Crippen LogP contribution in [0, 0.1) is 11.8 Å². The van der Waals surface area contributed by atoms with Crippen LogP contribution in [-0.4, -0.2) is 42.3 Å². The SMILES string of the molecule is CCCCC(CC)CNC(=O)c1ccc(NC(=O)C2CC(=O)N(CCCC)C2)cc1. The van der Waals surface area contributed by atoms with Crippen LogP contribution < -0.4 is 10.6 Å². The van der Waals surface area contributed by atoms with Crippen LogP contribution in [0.5, 0.6) is 0 Å². The quantitative estimate of drug-likeness (QED) is 0.536. The Morgan fingerprint density at radius 3 is 2.43 bits per heavy atom. The molecule has 0 aliphatic carbocycles. The molecule has 2 unspecified atom stereocenters. The summed E-state index contributed by atoms with van der Waals surface area (Å²) < 4.78 is 0. The third-order valence-electron chi connectivity index (χ3n) is 5.88. The van der Waals surface area contributed by atoms with Crippen LogP contribution in [0.15, 0.2) is 24.3 Å². The Bertz CT molecular complexity index is 702. The van der Waals surface area contributed by atoms with Crippen LogP contribution in [0.3, 0.4) is 0 Å². The zero-order chi connectivity index (χ0) is 21.9. The number of amides is 3. The number of benzene rings is 1. The molecule has 1 aromatic rings. The molecule has 1 aliphatic heterocycles. The number of unbranched alkanes of at least 4 members (excludes halogenated alkanes) is 2. The molecule has 1 aromatic carbocycles. The minimum absolute atomic E-state index is 0.0555. The molecule has 0 aromatic heterocycles. The van der Waals surface area contributed by atoms with E-state index in [2.05, 4.69) is 31.4 Å². The van der Waals surface area contributed by atoms with Crippen molar-refractivity contribution in [2.45, 2.75) is 65.7 Å². The summed E-state index contributed by atoms with van der Waals surface area (Å²) in [5.74, 6) is 0.0295. The fraction of sp³-hybridized carbons (Fsp3) is 0.625. The first-order chi connectivity index (χ1) is 14.5. The van der Waals surface area contributed by atoms with E-state index in [0.717, 1.165) is 32.2 Å². The normalized spacial score (nSPS) is 17.1. The second kappa shape index (κ2) is 12.4. The molecule has 3 amide bonds. The topological polar surface area (TPSA) is 78.5 Å². The number of nitrogens with zero attached hydrogens (tertiary/aromatic N) is 1. The van der Waals surface area contributed by atoms with Crippen molar-refractivity contribution in [1.82, 2.24) is 10.2 Å². The van der Waals surface area contributed by atoms with Gasteiger partial charge in [0.25, 0.3) is 5.91 Å². The number of hydrogen-bond acceptors (Lipinski definition) is 3. The van der Waals surface area contributed by atoms with Crippen LogP contribution in [0.4, 0.5) is 5.69 Å². The predicted octanol–water partition coefficient (Wildman–Crippen LogP) is 4.22. The number of nitrogens with one attached hydrogen (secondary N) is 2. The van der Waals surface area contributed by atoms with Gasteiger partial charge in [-0.1, -0.05) is 46.5 Å². The molecule has 2 atom stereocenters. The first-order valence-corrected chi connectivity index (χ1v) is 11.4. The van der Waals surface area contributed by atoms with Gasteiger partial charge in [-0.2, -0.15) is 0 Å². The molecule has 6 heteroatoms. The van der Waals surface area contributed by atoms with Crippen molar-refractivity contribution in [3.63, 3.8) is 0 Å². The largest absolute Gasteiger partial charge is 0.352 e. The minimum Gasteiger partial charge on any atom is -0.352 e. The Morgan fingerprint density at radius 2 is 1.80 bits per heavy atom. The molecule has 1 aliphatic rings. The molecule has 0 saturated carbocycles. The fourth-order valence-corrected chi connectivity index (χ4v) is 3.74. The number of hydrogen-bond donors (Lipinski definition) is 2. The molecule has 166 valence electrons. The lowest BCUT2D eigenvalue weighted by Gasteiger charge is -2.16. The molecular weight excluding hydrogens is 378 g/mol. The lowest BCUT2D eigenvalue weighted by molar-refractivity contribution is -0.128. The second-order valence-corrected chi connectivity index (χ2v) is 8.29. The molecule has 6 nitrogen and oxygen atoms in total. The summed E-state index contributed by atoms with van der Waals surface area (Å²) in [6, 6.07) is 6.94. The fourth-order valence-electron chi connectivity index (χ4n) is 3.74. The molecule has 0 radical (unpaired) electrons. The molecule has 1 heterocycles. The molecule has 1 saturated heterocycles. The van der Waals surface area contributed by atoms with Gasteiger partial charge in [0, 0.05) is 37.3 Å². The van der Waals surface area contributed by atoms with E-state index in [-0.39, 0.29) is 30.1 Å². The molecule has 0 bridgehead atoms. The van der Waals surface area contributed by atoms with Crippen molar-refractivity contribution in [3.8, 4) is 0 Å². The molecule has 2 N–H and O–H groups in total. The lowest BCUT2D eigenvalue weighted by Crippen LogP contribution is -2.29. The molecular formula is C24H37N3O3. The van der Waals surface area contributed by atoms with E-state index >= 15 is 0 Å². The van der Waals surface area contributed by atoms with Gasteiger partial charge in [0.05, 0.1) is 5.92 Å². The standard InChI is InChI=1S/C24H37N3O3/c1-4-7-9-18(6-3)16-25-23(29)19-10-12-21(13-11-19)26-24(30)20-15-22(28)27(17-20)14-8-5-2/h10-13,18,20H,4-9,14-17H2,1-3H3,(H,25,29)(H,26,30). The van der Waals surface area contributed by atoms with E-state index in [4.69, 9.17) is 0 Å². The Balaban J connectivity index is 1.83. The highest BCUT2D eigenvalue weighted by atomic mass is 16.2. The van der Waals surface area contributed by atoms with Gasteiger partial charge in [-0.15, -0.1) is 0 Å². The zero-order valence-electron chi connectivity index (χ0n) is 18.7. The van der Waals surface area contributed by atoms with Gasteiger partial charge in [-0.05, 0) is 43.0 Å². The van der Waals surface area contributed by atoms with E-state index in [0.29, 0.717) is 30.3 Å². The van der Waals surface area contributed by atoms with Crippen molar-refractivity contribution in [2.75, 3.05) is 25.0 Å². The highest BCUT2D eigenvalue weighted by Gasteiger charge is 2.33. The van der Waals surface area contributed by atoms with Crippen molar-refractivity contribution in [2.24, 2.45) is 11.8 Å². The van der Waals surface area contributed by atoms with Crippen LogP contribution in [0.2, 0.25) is 0 Å². The van der Waals surface area contributed by atoms with E-state index < -0.39 is 0 Å². The highest BCUT2D eigenvalue weighted by molar-refractivity contribution is 5.98. The number of carbonyl (C=O) groups excluding carboxylic acids is 3. The summed E-state index contributed by atoms with van der Waals surface area (Å²) in [6.45, 7) is 8.33. The maximum Gasteiger partial charge on any atom is 0.251 e. The zero-order valence-corrected chi connectivity index (χ0v) is 18.7. The molecule has 1 fully saturated rings. The Labute approximate surface area is 180 Å². The van der Waals surface area contributed by atoms with E-state index in [1.54, 1.807) is 29.2 Å².